The van der Waals surface area contributed by atoms with Crippen LogP contribution in [0, 0.1) is 5.82 Å². The van der Waals surface area contributed by atoms with Gasteiger partial charge in [0, 0.05) is 6.07 Å². The van der Waals surface area contributed by atoms with Gasteiger partial charge < -0.3 is 15.8 Å². The fourth-order valence-corrected chi connectivity index (χ4v) is 1.36. The summed E-state index contributed by atoms with van der Waals surface area (Å²) in [5, 5.41) is 2.82. The number of hydrogen-bond acceptors (Lipinski definition) is 4. The van der Waals surface area contributed by atoms with Crippen LogP contribution in [-0.2, 0) is 0 Å². The second kappa shape index (κ2) is 4.69. The quantitative estimate of drug-likeness (QED) is 0.855. The van der Waals surface area contributed by atoms with Crippen molar-refractivity contribution in [2.45, 2.75) is 0 Å². The Morgan fingerprint density at radius 1 is 1.24 bits per heavy atom. The number of nitrogens with one attached hydrogen (secondary N) is 1. The van der Waals surface area contributed by atoms with Crippen LogP contribution in [0.15, 0.2) is 36.4 Å². The number of nitrogens with zero attached hydrogens (tertiary/aromatic N) is 1. The van der Waals surface area contributed by atoms with Gasteiger partial charge in [-0.15, -0.1) is 0 Å². The minimum Gasteiger partial charge on any atom is -0.481 e. The van der Waals surface area contributed by atoms with Crippen LogP contribution in [0.3, 0.4) is 0 Å². The van der Waals surface area contributed by atoms with Gasteiger partial charge in [-0.1, -0.05) is 12.1 Å². The minimum atomic E-state index is -0.364. The molecule has 0 aliphatic rings. The first-order chi connectivity index (χ1) is 8.20. The topological polar surface area (TPSA) is 60.2 Å². The molecule has 3 N–H and O–H groups in total. The largest absolute Gasteiger partial charge is 0.481 e. The molecule has 2 aromatic rings. The molecule has 88 valence electrons. The van der Waals surface area contributed by atoms with Crippen LogP contribution in [0.2, 0.25) is 0 Å². The van der Waals surface area contributed by atoms with Crippen molar-refractivity contribution in [1.29, 1.82) is 0 Å². The molecule has 0 bridgehead atoms. The Labute approximate surface area is 98.2 Å². The van der Waals surface area contributed by atoms with Crippen LogP contribution in [-0.4, -0.2) is 12.1 Å². The SMILES string of the molecule is COc1ccc(N)c(Nc2ccccc2F)n1. The summed E-state index contributed by atoms with van der Waals surface area (Å²) in [6.45, 7) is 0. The van der Waals surface area contributed by atoms with Crippen molar-refractivity contribution in [2.75, 3.05) is 18.2 Å². The Kier molecular flexibility index (Phi) is 3.09. The van der Waals surface area contributed by atoms with Crippen LogP contribution in [0.25, 0.3) is 0 Å². The molecule has 4 nitrogen and oxygen atoms in total. The second-order valence-electron chi connectivity index (χ2n) is 3.40. The molecule has 17 heavy (non-hydrogen) atoms. The standard InChI is InChI=1S/C12H12FN3O/c1-17-11-7-6-9(14)12(16-11)15-10-5-3-2-4-8(10)13/h2-7H,14H2,1H3,(H,15,16). The maximum Gasteiger partial charge on any atom is 0.215 e. The molecule has 0 saturated carbocycles. The second-order valence-corrected chi connectivity index (χ2v) is 3.40. The van der Waals surface area contributed by atoms with Gasteiger partial charge in [0.1, 0.15) is 5.82 Å². The average molecular weight is 233 g/mol. The van der Waals surface area contributed by atoms with Gasteiger partial charge >= 0.3 is 0 Å². The summed E-state index contributed by atoms with van der Waals surface area (Å²) in [5.41, 5.74) is 6.48. The van der Waals surface area contributed by atoms with Gasteiger partial charge in [-0.25, -0.2) is 4.39 Å². The lowest BCUT2D eigenvalue weighted by molar-refractivity contribution is 0.398. The Morgan fingerprint density at radius 3 is 2.71 bits per heavy atom. The van der Waals surface area contributed by atoms with Gasteiger partial charge in [-0.3, -0.25) is 0 Å². The molecule has 0 spiro atoms. The van der Waals surface area contributed by atoms with Crippen molar-refractivity contribution >= 4 is 17.2 Å². The highest BCUT2D eigenvalue weighted by atomic mass is 19.1. The number of pyridine rings is 1. The van der Waals surface area contributed by atoms with Gasteiger partial charge in [-0.05, 0) is 18.2 Å². The van der Waals surface area contributed by atoms with E-state index < -0.39 is 0 Å². The lowest BCUT2D eigenvalue weighted by Crippen LogP contribution is -2.01. The molecule has 0 aliphatic carbocycles. The number of aromatic nitrogens is 1. The van der Waals surface area contributed by atoms with E-state index in [-0.39, 0.29) is 5.82 Å². The highest BCUT2D eigenvalue weighted by Gasteiger charge is 2.06. The molecule has 0 saturated heterocycles. The smallest absolute Gasteiger partial charge is 0.215 e. The predicted octanol–water partition coefficient (Wildman–Crippen LogP) is 2.56. The van der Waals surface area contributed by atoms with Gasteiger partial charge in [0.2, 0.25) is 5.88 Å². The van der Waals surface area contributed by atoms with Crippen LogP contribution >= 0.6 is 0 Å². The van der Waals surface area contributed by atoms with Crippen molar-refractivity contribution in [3.8, 4) is 5.88 Å². The van der Waals surface area contributed by atoms with Crippen LogP contribution in [0.1, 0.15) is 0 Å². The molecule has 2 rings (SSSR count). The third-order valence-electron chi connectivity index (χ3n) is 2.24. The van der Waals surface area contributed by atoms with Gasteiger partial charge in [-0.2, -0.15) is 4.98 Å². The lowest BCUT2D eigenvalue weighted by Gasteiger charge is -2.10. The number of para-hydroxylation sites is 1. The Bertz CT molecular complexity index is 531. The van der Waals surface area contributed by atoms with E-state index in [0.717, 1.165) is 0 Å². The number of nitrogens with two attached hydrogens (primary N) is 1. The summed E-state index contributed by atoms with van der Waals surface area (Å²) < 4.78 is 18.4. The molecule has 0 fully saturated rings. The molecule has 1 heterocycles. The minimum absolute atomic E-state index is 0.319. The Hall–Kier alpha value is -2.30. The van der Waals surface area contributed by atoms with Crippen LogP contribution in [0.4, 0.5) is 21.6 Å². The molecular weight excluding hydrogens is 221 g/mol. The fraction of sp³-hybridized carbons (Fsp3) is 0.0833. The summed E-state index contributed by atoms with van der Waals surface area (Å²) in [4.78, 5) is 4.10. The first-order valence-corrected chi connectivity index (χ1v) is 5.03. The maximum absolute atomic E-state index is 13.4. The summed E-state index contributed by atoms with van der Waals surface area (Å²) in [6.07, 6.45) is 0. The highest BCUT2D eigenvalue weighted by molar-refractivity contribution is 5.69. The number of hydrogen-bond donors (Lipinski definition) is 2. The maximum atomic E-state index is 13.4. The normalized spacial score (nSPS) is 10.0. The van der Waals surface area contributed by atoms with Crippen molar-refractivity contribution in [3.63, 3.8) is 0 Å². The van der Waals surface area contributed by atoms with E-state index in [1.165, 1.54) is 13.2 Å². The zero-order valence-corrected chi connectivity index (χ0v) is 9.27. The van der Waals surface area contributed by atoms with E-state index in [2.05, 4.69) is 10.3 Å². The van der Waals surface area contributed by atoms with E-state index in [4.69, 9.17) is 10.5 Å². The molecule has 5 heteroatoms. The van der Waals surface area contributed by atoms with E-state index in [1.54, 1.807) is 30.3 Å². The van der Waals surface area contributed by atoms with Crippen molar-refractivity contribution in [3.05, 3.63) is 42.2 Å². The summed E-state index contributed by atoms with van der Waals surface area (Å²) in [5.74, 6) is 0.420. The van der Waals surface area contributed by atoms with Crippen molar-refractivity contribution < 1.29 is 9.13 Å². The van der Waals surface area contributed by atoms with Crippen LogP contribution < -0.4 is 15.8 Å². The van der Waals surface area contributed by atoms with Gasteiger partial charge in [0.15, 0.2) is 5.82 Å². The summed E-state index contributed by atoms with van der Waals surface area (Å²) in [7, 11) is 1.51. The summed E-state index contributed by atoms with van der Waals surface area (Å²) in [6, 6.07) is 9.59. The zero-order chi connectivity index (χ0) is 12.3. The first kappa shape index (κ1) is 11.2. The monoisotopic (exact) mass is 233 g/mol. The third-order valence-corrected chi connectivity index (χ3v) is 2.24. The molecule has 0 aliphatic heterocycles. The Balaban J connectivity index is 2.32. The van der Waals surface area contributed by atoms with E-state index in [9.17, 15) is 4.39 Å². The fourth-order valence-electron chi connectivity index (χ4n) is 1.36. The highest BCUT2D eigenvalue weighted by Crippen LogP contribution is 2.24. The van der Waals surface area contributed by atoms with Crippen LogP contribution in [0.5, 0.6) is 5.88 Å². The molecule has 1 aromatic heterocycles. The number of ether oxygens (including phenoxy) is 1. The van der Waals surface area contributed by atoms with Crippen molar-refractivity contribution in [2.24, 2.45) is 0 Å². The van der Waals surface area contributed by atoms with Crippen molar-refractivity contribution in [1.82, 2.24) is 4.98 Å². The molecular formula is C12H12FN3O. The third kappa shape index (κ3) is 2.44. The van der Waals surface area contributed by atoms with Gasteiger partial charge in [0.05, 0.1) is 18.5 Å². The number of benzene rings is 1. The van der Waals surface area contributed by atoms with E-state index >= 15 is 0 Å². The van der Waals surface area contributed by atoms with E-state index in [1.807, 2.05) is 0 Å². The number of nitrogen functional groups attached to an aromatic ring is 1. The first-order valence-electron chi connectivity index (χ1n) is 5.03. The number of anilines is 3. The summed E-state index contributed by atoms with van der Waals surface area (Å²) >= 11 is 0. The Morgan fingerprint density at radius 2 is 2.00 bits per heavy atom. The molecule has 0 atom stereocenters. The van der Waals surface area contributed by atoms with E-state index in [0.29, 0.717) is 23.1 Å². The van der Waals surface area contributed by atoms with Gasteiger partial charge in [0.25, 0.3) is 0 Å². The molecule has 1 aromatic carbocycles. The molecule has 0 amide bonds. The number of halogens is 1. The number of rotatable bonds is 3. The predicted molar refractivity (Wildman–Crippen MR) is 64.9 cm³/mol. The average Bonchev–Trinajstić information content (AvgIpc) is 2.35. The zero-order valence-electron chi connectivity index (χ0n) is 9.27. The lowest BCUT2D eigenvalue weighted by atomic mass is 10.3. The molecule has 0 unspecified atom stereocenters. The molecule has 0 radical (unpaired) electrons. The number of methoxy groups -OCH3 is 1.